The number of anilines is 1. The summed E-state index contributed by atoms with van der Waals surface area (Å²) in [5, 5.41) is 27.6. The summed E-state index contributed by atoms with van der Waals surface area (Å²) in [4.78, 5) is 2.45. The Bertz CT molecular complexity index is 1130. The van der Waals surface area contributed by atoms with E-state index < -0.39 is 5.60 Å². The molecule has 0 saturated carbocycles. The number of halogens is 1. The molecular formula is C30H39ClN4O2. The largest absolute Gasteiger partial charge is 0.491 e. The molecule has 198 valence electrons. The van der Waals surface area contributed by atoms with Crippen LogP contribution in [0.4, 0.5) is 5.69 Å². The molecule has 0 saturated heterocycles. The van der Waals surface area contributed by atoms with Crippen LogP contribution in [-0.4, -0.2) is 54.4 Å². The van der Waals surface area contributed by atoms with Gasteiger partial charge in [0, 0.05) is 29.9 Å². The lowest BCUT2D eigenvalue weighted by atomic mass is 9.74. The van der Waals surface area contributed by atoms with Crippen molar-refractivity contribution in [2.75, 3.05) is 38.1 Å². The number of nitrogens with zero attached hydrogens (tertiary/aromatic N) is 2. The maximum absolute atomic E-state index is 10.7. The molecule has 1 aliphatic carbocycles. The molecule has 1 aromatic carbocycles. The Morgan fingerprint density at radius 1 is 1.32 bits per heavy atom. The van der Waals surface area contributed by atoms with Gasteiger partial charge < -0.3 is 25.4 Å². The Hall–Kier alpha value is -2.72. The van der Waals surface area contributed by atoms with Gasteiger partial charge in [0.1, 0.15) is 18.4 Å². The number of rotatable bonds is 10. The number of benzene rings is 1. The summed E-state index contributed by atoms with van der Waals surface area (Å²) in [7, 11) is 0. The zero-order chi connectivity index (χ0) is 26.4. The fourth-order valence-electron chi connectivity index (χ4n) is 5.48. The molecule has 2 heterocycles. The van der Waals surface area contributed by atoms with E-state index in [1.165, 1.54) is 11.1 Å². The number of allylic oxidation sites excluding steroid dienone is 4. The number of nitriles is 1. The molecule has 0 radical (unpaired) electrons. The molecule has 4 rings (SSSR count). The van der Waals surface area contributed by atoms with Crippen molar-refractivity contribution in [2.24, 2.45) is 11.8 Å². The van der Waals surface area contributed by atoms with E-state index >= 15 is 0 Å². The number of hydrogen-bond acceptors (Lipinski definition) is 6. The van der Waals surface area contributed by atoms with Crippen LogP contribution in [0.3, 0.4) is 0 Å². The SMILES string of the molecule is CCN(CCCC1C2=CC=CNC2COC2=C1CC(C(C)(C)O)C=C2)CCNc1ccc(Cl)cc1C#N. The van der Waals surface area contributed by atoms with Crippen LogP contribution in [0.15, 0.2) is 65.6 Å². The molecule has 0 amide bonds. The standard InChI is InChI=1S/C30H39ClN4O2/c1-4-35(16-14-34-27-11-10-23(31)17-21(27)19-32)15-6-8-24-25-7-5-13-33-28(25)20-37-29-12-9-22(18-26(24)29)30(2,3)36/h5,7,9-13,17,22,24,28,33-34,36H,4,6,8,14-16,18,20H2,1-3H3. The van der Waals surface area contributed by atoms with Crippen molar-refractivity contribution in [3.63, 3.8) is 0 Å². The van der Waals surface area contributed by atoms with E-state index in [4.69, 9.17) is 16.3 Å². The highest BCUT2D eigenvalue weighted by atomic mass is 35.5. The van der Waals surface area contributed by atoms with Crippen molar-refractivity contribution in [3.05, 3.63) is 76.2 Å². The van der Waals surface area contributed by atoms with Gasteiger partial charge in [-0.25, -0.2) is 0 Å². The molecule has 3 unspecified atom stereocenters. The van der Waals surface area contributed by atoms with Gasteiger partial charge in [-0.3, -0.25) is 0 Å². The number of dihydropyridines is 1. The first-order valence-corrected chi connectivity index (χ1v) is 13.7. The highest BCUT2D eigenvalue weighted by Crippen LogP contribution is 2.42. The van der Waals surface area contributed by atoms with E-state index in [0.717, 1.165) is 56.9 Å². The van der Waals surface area contributed by atoms with Gasteiger partial charge in [0.25, 0.3) is 0 Å². The average molecular weight is 523 g/mol. The number of nitrogens with one attached hydrogen (secondary N) is 2. The number of fused-ring (bicyclic) bond motifs is 1. The highest BCUT2D eigenvalue weighted by molar-refractivity contribution is 6.30. The molecular weight excluding hydrogens is 484 g/mol. The Labute approximate surface area is 226 Å². The quantitative estimate of drug-likeness (QED) is 0.382. The van der Waals surface area contributed by atoms with Crippen molar-refractivity contribution in [1.82, 2.24) is 10.2 Å². The smallest absolute Gasteiger partial charge is 0.118 e. The number of aliphatic hydroxyl groups is 1. The monoisotopic (exact) mass is 522 g/mol. The lowest BCUT2D eigenvalue weighted by molar-refractivity contribution is 0.0347. The van der Waals surface area contributed by atoms with Crippen LogP contribution < -0.4 is 10.6 Å². The van der Waals surface area contributed by atoms with Gasteiger partial charge in [0.15, 0.2) is 0 Å². The molecule has 37 heavy (non-hydrogen) atoms. The van der Waals surface area contributed by atoms with Crippen molar-refractivity contribution in [3.8, 4) is 6.07 Å². The number of likely N-dealkylation sites (N-methyl/N-ethyl adjacent to an activating group) is 1. The zero-order valence-corrected chi connectivity index (χ0v) is 22.9. The predicted molar refractivity (Wildman–Crippen MR) is 150 cm³/mol. The second-order valence-corrected chi connectivity index (χ2v) is 11.1. The van der Waals surface area contributed by atoms with Crippen LogP contribution in [0.5, 0.6) is 0 Å². The van der Waals surface area contributed by atoms with E-state index in [1.807, 2.05) is 32.2 Å². The molecule has 0 spiro atoms. The summed E-state index contributed by atoms with van der Waals surface area (Å²) in [6, 6.07) is 7.76. The first kappa shape index (κ1) is 27.3. The van der Waals surface area contributed by atoms with Gasteiger partial charge in [-0.1, -0.05) is 30.7 Å². The molecule has 3 atom stereocenters. The summed E-state index contributed by atoms with van der Waals surface area (Å²) >= 11 is 6.02. The molecule has 6 nitrogen and oxygen atoms in total. The Balaban J connectivity index is 1.39. The topological polar surface area (TPSA) is 80.6 Å². The minimum Gasteiger partial charge on any atom is -0.491 e. The van der Waals surface area contributed by atoms with Crippen LogP contribution in [0, 0.1) is 23.2 Å². The molecule has 0 aromatic heterocycles. The molecule has 1 aromatic rings. The second-order valence-electron chi connectivity index (χ2n) is 10.6. The van der Waals surface area contributed by atoms with Crippen LogP contribution in [0.25, 0.3) is 0 Å². The third-order valence-electron chi connectivity index (χ3n) is 7.72. The minimum atomic E-state index is -0.772. The van der Waals surface area contributed by atoms with Crippen LogP contribution in [0.2, 0.25) is 5.02 Å². The number of hydrogen-bond donors (Lipinski definition) is 3. The van der Waals surface area contributed by atoms with Crippen molar-refractivity contribution in [1.29, 1.82) is 5.26 Å². The van der Waals surface area contributed by atoms with E-state index in [2.05, 4.69) is 52.8 Å². The summed E-state index contributed by atoms with van der Waals surface area (Å²) < 4.78 is 6.26. The first-order valence-electron chi connectivity index (χ1n) is 13.3. The van der Waals surface area contributed by atoms with Crippen molar-refractivity contribution in [2.45, 2.75) is 51.7 Å². The maximum atomic E-state index is 10.7. The third kappa shape index (κ3) is 6.78. The molecule has 0 fully saturated rings. The maximum Gasteiger partial charge on any atom is 0.118 e. The van der Waals surface area contributed by atoms with Gasteiger partial charge in [-0.05, 0) is 93.9 Å². The second kappa shape index (κ2) is 12.2. The minimum absolute atomic E-state index is 0.0750. The lowest BCUT2D eigenvalue weighted by Gasteiger charge is -2.34. The van der Waals surface area contributed by atoms with E-state index in [1.54, 1.807) is 6.07 Å². The van der Waals surface area contributed by atoms with Gasteiger partial charge in [0.05, 0.1) is 22.9 Å². The fourth-order valence-corrected chi connectivity index (χ4v) is 5.65. The van der Waals surface area contributed by atoms with Gasteiger partial charge in [0.2, 0.25) is 0 Å². The molecule has 3 N–H and O–H groups in total. The first-order chi connectivity index (χ1) is 17.8. The third-order valence-corrected chi connectivity index (χ3v) is 7.95. The zero-order valence-electron chi connectivity index (χ0n) is 22.1. The summed E-state index contributed by atoms with van der Waals surface area (Å²) in [6.07, 6.45) is 13.4. The molecule has 3 aliphatic rings. The molecule has 7 heteroatoms. The van der Waals surface area contributed by atoms with Gasteiger partial charge in [-0.15, -0.1) is 0 Å². The fraction of sp³-hybridized carbons (Fsp3) is 0.500. The Morgan fingerprint density at radius 3 is 2.92 bits per heavy atom. The number of ether oxygens (including phenoxy) is 1. The van der Waals surface area contributed by atoms with E-state index in [0.29, 0.717) is 23.1 Å². The van der Waals surface area contributed by atoms with E-state index in [9.17, 15) is 10.4 Å². The van der Waals surface area contributed by atoms with Gasteiger partial charge in [-0.2, -0.15) is 5.26 Å². The Kier molecular flexibility index (Phi) is 9.02. The van der Waals surface area contributed by atoms with Gasteiger partial charge >= 0.3 is 0 Å². The molecule has 0 bridgehead atoms. The predicted octanol–water partition coefficient (Wildman–Crippen LogP) is 5.39. The summed E-state index contributed by atoms with van der Waals surface area (Å²) in [5.41, 5.74) is 3.32. The normalized spacial score (nSPS) is 22.8. The van der Waals surface area contributed by atoms with E-state index in [-0.39, 0.29) is 12.0 Å². The molecule has 2 aliphatic heterocycles. The van der Waals surface area contributed by atoms with Crippen LogP contribution in [-0.2, 0) is 4.74 Å². The summed E-state index contributed by atoms with van der Waals surface area (Å²) in [5.74, 6) is 1.35. The van der Waals surface area contributed by atoms with Crippen molar-refractivity contribution >= 4 is 17.3 Å². The summed E-state index contributed by atoms with van der Waals surface area (Å²) in [6.45, 7) is 10.2. The van der Waals surface area contributed by atoms with Crippen LogP contribution in [0.1, 0.15) is 45.6 Å². The van der Waals surface area contributed by atoms with Crippen LogP contribution >= 0.6 is 11.6 Å². The Morgan fingerprint density at radius 2 is 2.16 bits per heavy atom. The van der Waals surface area contributed by atoms with Crippen molar-refractivity contribution < 1.29 is 9.84 Å². The lowest BCUT2D eigenvalue weighted by Crippen LogP contribution is -2.36. The highest BCUT2D eigenvalue weighted by Gasteiger charge is 2.37. The average Bonchev–Trinajstić information content (AvgIpc) is 3.04.